The van der Waals surface area contributed by atoms with E-state index in [-0.39, 0.29) is 0 Å². The van der Waals surface area contributed by atoms with Gasteiger partial charge in [-0.15, -0.1) is 0 Å². The van der Waals surface area contributed by atoms with Crippen LogP contribution in [0.1, 0.15) is 103 Å². The molecule has 2 heteroatoms. The Morgan fingerprint density at radius 3 is 2.31 bits per heavy atom. The van der Waals surface area contributed by atoms with E-state index < -0.39 is 0 Å². The molecule has 2 nitrogen and oxygen atoms in total. The van der Waals surface area contributed by atoms with Crippen molar-refractivity contribution in [3.63, 3.8) is 0 Å². The largest absolute Gasteiger partial charge is 0.494 e. The van der Waals surface area contributed by atoms with E-state index in [0.29, 0.717) is 5.92 Å². The number of rotatable bonds is 12. The molecule has 1 aliphatic carbocycles. The molecule has 0 bridgehead atoms. The first-order chi connectivity index (χ1) is 12.8. The molecule has 0 atom stereocenters. The van der Waals surface area contributed by atoms with Gasteiger partial charge in [0.25, 0.3) is 0 Å². The maximum atomic E-state index is 6.07. The summed E-state index contributed by atoms with van der Waals surface area (Å²) >= 11 is 0. The monoisotopic (exact) mass is 360 g/mol. The maximum absolute atomic E-state index is 6.07. The van der Waals surface area contributed by atoms with E-state index >= 15 is 0 Å². The van der Waals surface area contributed by atoms with Crippen LogP contribution in [0.4, 0.5) is 0 Å². The standard InChI is InChI=1S/C24H40O2/c1-4-7-8-9-18-25-22-15-16-24(26-17-6-3)23(19-22)21-13-11-20(10-5-2)12-14-21/h15-16,19-21H,4-14,17-18H2,1-3H3. The molecule has 1 aromatic rings. The Labute approximate surface area is 161 Å². The summed E-state index contributed by atoms with van der Waals surface area (Å²) < 4.78 is 12.1. The molecule has 2 rings (SSSR count). The summed E-state index contributed by atoms with van der Waals surface area (Å²) in [5.74, 6) is 3.69. The minimum atomic E-state index is 0.638. The first kappa shape index (κ1) is 21.1. The van der Waals surface area contributed by atoms with E-state index in [2.05, 4.69) is 39.0 Å². The molecule has 1 aromatic carbocycles. The normalized spacial score (nSPS) is 20.1. The molecule has 0 aromatic heterocycles. The second-order valence-electron chi connectivity index (χ2n) is 7.96. The van der Waals surface area contributed by atoms with Crippen molar-refractivity contribution in [2.24, 2.45) is 5.92 Å². The summed E-state index contributed by atoms with van der Waals surface area (Å²) in [5.41, 5.74) is 1.39. The first-order valence-electron chi connectivity index (χ1n) is 11.2. The lowest BCUT2D eigenvalue weighted by atomic mass is 9.77. The predicted molar refractivity (Wildman–Crippen MR) is 111 cm³/mol. The summed E-state index contributed by atoms with van der Waals surface area (Å²) in [7, 11) is 0. The maximum Gasteiger partial charge on any atom is 0.123 e. The third kappa shape index (κ3) is 6.85. The molecular weight excluding hydrogens is 320 g/mol. The van der Waals surface area contributed by atoms with Gasteiger partial charge in [-0.25, -0.2) is 0 Å². The van der Waals surface area contributed by atoms with Gasteiger partial charge in [0.2, 0.25) is 0 Å². The van der Waals surface area contributed by atoms with E-state index in [1.54, 1.807) is 0 Å². The predicted octanol–water partition coefficient (Wildman–Crippen LogP) is 7.51. The lowest BCUT2D eigenvalue weighted by molar-refractivity contribution is 0.282. The van der Waals surface area contributed by atoms with E-state index in [1.165, 1.54) is 63.4 Å². The second kappa shape index (κ2) is 12.3. The molecule has 1 fully saturated rings. The summed E-state index contributed by atoms with van der Waals surface area (Å²) in [4.78, 5) is 0. The molecule has 148 valence electrons. The highest BCUT2D eigenvalue weighted by atomic mass is 16.5. The van der Waals surface area contributed by atoms with Crippen molar-refractivity contribution < 1.29 is 9.47 Å². The molecular formula is C24H40O2. The number of hydrogen-bond acceptors (Lipinski definition) is 2. The minimum absolute atomic E-state index is 0.638. The molecule has 1 aliphatic rings. The highest BCUT2D eigenvalue weighted by Crippen LogP contribution is 2.42. The third-order valence-electron chi connectivity index (χ3n) is 5.69. The first-order valence-corrected chi connectivity index (χ1v) is 11.2. The number of ether oxygens (including phenoxy) is 2. The molecule has 0 unspecified atom stereocenters. The smallest absolute Gasteiger partial charge is 0.123 e. The number of benzene rings is 1. The second-order valence-corrected chi connectivity index (χ2v) is 7.96. The summed E-state index contributed by atoms with van der Waals surface area (Å²) in [6.07, 6.45) is 14.1. The fourth-order valence-electron chi connectivity index (χ4n) is 4.17. The van der Waals surface area contributed by atoms with Gasteiger partial charge >= 0.3 is 0 Å². The Morgan fingerprint density at radius 1 is 0.808 bits per heavy atom. The van der Waals surface area contributed by atoms with Gasteiger partial charge in [-0.1, -0.05) is 52.9 Å². The van der Waals surface area contributed by atoms with E-state index in [0.717, 1.165) is 43.5 Å². The number of hydrogen-bond donors (Lipinski definition) is 0. The van der Waals surface area contributed by atoms with E-state index in [4.69, 9.17) is 9.47 Å². The lowest BCUT2D eigenvalue weighted by Gasteiger charge is -2.30. The zero-order valence-electron chi connectivity index (χ0n) is 17.4. The molecule has 0 aliphatic heterocycles. The molecule has 0 spiro atoms. The van der Waals surface area contributed by atoms with Crippen molar-refractivity contribution in [1.82, 2.24) is 0 Å². The Hall–Kier alpha value is -1.18. The van der Waals surface area contributed by atoms with Crippen LogP contribution in [0.25, 0.3) is 0 Å². The van der Waals surface area contributed by atoms with Gasteiger partial charge in [-0.05, 0) is 68.6 Å². The van der Waals surface area contributed by atoms with Crippen molar-refractivity contribution in [1.29, 1.82) is 0 Å². The Bertz CT molecular complexity index is 489. The average molecular weight is 361 g/mol. The van der Waals surface area contributed by atoms with Crippen molar-refractivity contribution in [2.75, 3.05) is 13.2 Å². The summed E-state index contributed by atoms with van der Waals surface area (Å²) in [5, 5.41) is 0. The molecule has 0 radical (unpaired) electrons. The van der Waals surface area contributed by atoms with Crippen molar-refractivity contribution >= 4 is 0 Å². The van der Waals surface area contributed by atoms with Gasteiger partial charge in [0.05, 0.1) is 13.2 Å². The van der Waals surface area contributed by atoms with Gasteiger partial charge < -0.3 is 9.47 Å². The Kier molecular flexibility index (Phi) is 9.95. The zero-order chi connectivity index (χ0) is 18.6. The van der Waals surface area contributed by atoms with Crippen LogP contribution in [0.2, 0.25) is 0 Å². The highest BCUT2D eigenvalue weighted by Gasteiger charge is 2.24. The molecule has 0 heterocycles. The van der Waals surface area contributed by atoms with E-state index in [1.807, 2.05) is 0 Å². The number of unbranched alkanes of at least 4 members (excludes halogenated alkanes) is 3. The van der Waals surface area contributed by atoms with Crippen LogP contribution in [0.5, 0.6) is 11.5 Å². The molecule has 1 saturated carbocycles. The minimum Gasteiger partial charge on any atom is -0.494 e. The van der Waals surface area contributed by atoms with Crippen molar-refractivity contribution in [3.8, 4) is 11.5 Å². The lowest BCUT2D eigenvalue weighted by Crippen LogP contribution is -2.14. The third-order valence-corrected chi connectivity index (χ3v) is 5.69. The average Bonchev–Trinajstić information content (AvgIpc) is 2.67. The van der Waals surface area contributed by atoms with Gasteiger partial charge in [-0.3, -0.25) is 0 Å². The quantitative estimate of drug-likeness (QED) is 0.359. The van der Waals surface area contributed by atoms with Crippen LogP contribution in [0.3, 0.4) is 0 Å². The van der Waals surface area contributed by atoms with Crippen LogP contribution in [0, 0.1) is 5.92 Å². The molecule has 0 N–H and O–H groups in total. The van der Waals surface area contributed by atoms with Crippen molar-refractivity contribution in [3.05, 3.63) is 23.8 Å². The summed E-state index contributed by atoms with van der Waals surface area (Å²) in [6, 6.07) is 6.51. The molecule has 26 heavy (non-hydrogen) atoms. The van der Waals surface area contributed by atoms with Gasteiger partial charge in [0, 0.05) is 5.56 Å². The van der Waals surface area contributed by atoms with E-state index in [9.17, 15) is 0 Å². The van der Waals surface area contributed by atoms with Gasteiger partial charge in [-0.2, -0.15) is 0 Å². The topological polar surface area (TPSA) is 18.5 Å². The fraction of sp³-hybridized carbons (Fsp3) is 0.750. The zero-order valence-corrected chi connectivity index (χ0v) is 17.4. The fourth-order valence-corrected chi connectivity index (χ4v) is 4.17. The van der Waals surface area contributed by atoms with Crippen LogP contribution < -0.4 is 9.47 Å². The van der Waals surface area contributed by atoms with Crippen LogP contribution in [-0.2, 0) is 0 Å². The van der Waals surface area contributed by atoms with Gasteiger partial charge in [0.15, 0.2) is 0 Å². The van der Waals surface area contributed by atoms with Gasteiger partial charge in [0.1, 0.15) is 11.5 Å². The highest BCUT2D eigenvalue weighted by molar-refractivity contribution is 5.42. The van der Waals surface area contributed by atoms with Crippen LogP contribution in [0.15, 0.2) is 18.2 Å². The SMILES string of the molecule is CCCCCCOc1ccc(OCCC)c(C2CCC(CCC)CC2)c1. The Morgan fingerprint density at radius 2 is 1.62 bits per heavy atom. The van der Waals surface area contributed by atoms with Crippen molar-refractivity contribution in [2.45, 2.75) is 97.3 Å². The van der Waals surface area contributed by atoms with Crippen LogP contribution in [-0.4, -0.2) is 13.2 Å². The summed E-state index contributed by atoms with van der Waals surface area (Å²) in [6.45, 7) is 8.36. The Balaban J connectivity index is 1.99. The molecule has 0 saturated heterocycles. The van der Waals surface area contributed by atoms with Crippen LogP contribution >= 0.6 is 0 Å². The molecule has 0 amide bonds.